The van der Waals surface area contributed by atoms with Gasteiger partial charge in [-0.05, 0) is 98.0 Å². The predicted molar refractivity (Wildman–Crippen MR) is 160 cm³/mol. The van der Waals surface area contributed by atoms with Gasteiger partial charge in [0, 0.05) is 38.2 Å². The summed E-state index contributed by atoms with van der Waals surface area (Å²) in [6.07, 6.45) is 7.18. The Hall–Kier alpha value is -3.28. The summed E-state index contributed by atoms with van der Waals surface area (Å²) in [5, 5.41) is 0. The van der Waals surface area contributed by atoms with Crippen LogP contribution in [-0.4, -0.2) is 54.8 Å². The second kappa shape index (κ2) is 13.9. The summed E-state index contributed by atoms with van der Waals surface area (Å²) in [5.41, 5.74) is 6.83. The van der Waals surface area contributed by atoms with Crippen molar-refractivity contribution in [1.82, 2.24) is 9.80 Å². The summed E-state index contributed by atoms with van der Waals surface area (Å²) in [4.78, 5) is 29.7. The molecular formula is C35H42N2O3. The lowest BCUT2D eigenvalue weighted by molar-refractivity contribution is 0.0600. The first kappa shape index (κ1) is 28.3. The lowest BCUT2D eigenvalue weighted by Gasteiger charge is -2.32. The van der Waals surface area contributed by atoms with E-state index in [2.05, 4.69) is 58.3 Å². The topological polar surface area (TPSA) is 49.9 Å². The zero-order valence-electron chi connectivity index (χ0n) is 23.8. The van der Waals surface area contributed by atoms with Crippen LogP contribution in [0.5, 0.6) is 0 Å². The lowest BCUT2D eigenvalue weighted by Crippen LogP contribution is -2.33. The van der Waals surface area contributed by atoms with E-state index in [1.165, 1.54) is 42.2 Å². The Morgan fingerprint density at radius 2 is 1.38 bits per heavy atom. The maximum Gasteiger partial charge on any atom is 0.337 e. The zero-order valence-corrected chi connectivity index (χ0v) is 23.8. The molecule has 0 amide bonds. The SMILES string of the molecule is COC(=O)c1ccc(CN2CCC(CCCC(=O)c3ccc4c(c3)CCN(Cc3ccccc3)CC4)CC2)cc1. The number of methoxy groups -OCH3 is 1. The quantitative estimate of drug-likeness (QED) is 0.223. The Labute approximate surface area is 239 Å². The molecule has 0 spiro atoms. The van der Waals surface area contributed by atoms with Gasteiger partial charge in [-0.25, -0.2) is 4.79 Å². The molecule has 2 heterocycles. The molecule has 5 rings (SSSR count). The zero-order chi connectivity index (χ0) is 27.7. The number of likely N-dealkylation sites (tertiary alicyclic amines) is 1. The number of piperidine rings is 1. The van der Waals surface area contributed by atoms with Gasteiger partial charge in [-0.1, -0.05) is 54.6 Å². The highest BCUT2D eigenvalue weighted by Crippen LogP contribution is 2.25. The van der Waals surface area contributed by atoms with Crippen LogP contribution in [0, 0.1) is 5.92 Å². The maximum atomic E-state index is 13.1. The Bertz CT molecular complexity index is 1260. The van der Waals surface area contributed by atoms with Crippen LogP contribution in [0.25, 0.3) is 0 Å². The van der Waals surface area contributed by atoms with E-state index in [9.17, 15) is 9.59 Å². The fraction of sp³-hybridized carbons (Fsp3) is 0.429. The van der Waals surface area contributed by atoms with Crippen molar-refractivity contribution in [3.63, 3.8) is 0 Å². The number of nitrogens with zero attached hydrogens (tertiary/aromatic N) is 2. The fourth-order valence-electron chi connectivity index (χ4n) is 6.20. The predicted octanol–water partition coefficient (Wildman–Crippen LogP) is 6.34. The van der Waals surface area contributed by atoms with Crippen LogP contribution in [0.4, 0.5) is 0 Å². The first-order valence-electron chi connectivity index (χ1n) is 14.9. The molecule has 2 aliphatic heterocycles. The third kappa shape index (κ3) is 7.67. The van der Waals surface area contributed by atoms with Crippen LogP contribution in [0.1, 0.15) is 75.1 Å². The van der Waals surface area contributed by atoms with E-state index in [4.69, 9.17) is 4.74 Å². The molecular weight excluding hydrogens is 496 g/mol. The Morgan fingerprint density at radius 1 is 0.750 bits per heavy atom. The molecule has 2 aliphatic rings. The van der Waals surface area contributed by atoms with E-state index in [-0.39, 0.29) is 5.97 Å². The number of carbonyl (C=O) groups is 2. The first-order valence-corrected chi connectivity index (χ1v) is 14.9. The van der Waals surface area contributed by atoms with E-state index in [1.54, 1.807) is 0 Å². The molecule has 1 saturated heterocycles. The molecule has 0 N–H and O–H groups in total. The summed E-state index contributed by atoms with van der Waals surface area (Å²) >= 11 is 0. The Kier molecular flexibility index (Phi) is 9.80. The summed E-state index contributed by atoms with van der Waals surface area (Å²) < 4.78 is 4.78. The van der Waals surface area contributed by atoms with Gasteiger partial charge in [0.2, 0.25) is 0 Å². The van der Waals surface area contributed by atoms with Gasteiger partial charge in [-0.15, -0.1) is 0 Å². The average Bonchev–Trinajstić information content (AvgIpc) is 3.20. The first-order chi connectivity index (χ1) is 19.6. The van der Waals surface area contributed by atoms with E-state index >= 15 is 0 Å². The molecule has 3 aromatic carbocycles. The van der Waals surface area contributed by atoms with Crippen molar-refractivity contribution in [3.05, 3.63) is 106 Å². The van der Waals surface area contributed by atoms with Gasteiger partial charge in [-0.2, -0.15) is 0 Å². The summed E-state index contributed by atoms with van der Waals surface area (Å²) in [7, 11) is 1.41. The number of ketones is 1. The number of ether oxygens (including phenoxy) is 1. The minimum Gasteiger partial charge on any atom is -0.465 e. The molecule has 0 saturated carbocycles. The highest BCUT2D eigenvalue weighted by Gasteiger charge is 2.20. The van der Waals surface area contributed by atoms with Gasteiger partial charge >= 0.3 is 5.97 Å². The molecule has 3 aromatic rings. The maximum absolute atomic E-state index is 13.1. The van der Waals surface area contributed by atoms with Crippen molar-refractivity contribution >= 4 is 11.8 Å². The van der Waals surface area contributed by atoms with Crippen molar-refractivity contribution < 1.29 is 14.3 Å². The lowest BCUT2D eigenvalue weighted by atomic mass is 9.90. The van der Waals surface area contributed by atoms with Gasteiger partial charge < -0.3 is 4.74 Å². The standard InChI is InChI=1S/C35H42N2O3/c1-40-35(39)31-12-10-29(11-13-31)26-36-20-16-27(17-21-36)8-5-9-34(38)33-15-14-30-18-22-37(23-19-32(30)24-33)25-28-6-3-2-4-7-28/h2-4,6-7,10-15,24,27H,5,8-9,16-23,25-26H2,1H3. The molecule has 0 aliphatic carbocycles. The number of Topliss-reactive ketones (excluding diaryl/α,β-unsaturated/α-hetero) is 1. The summed E-state index contributed by atoms with van der Waals surface area (Å²) in [6.45, 7) is 6.18. The molecule has 40 heavy (non-hydrogen) atoms. The fourth-order valence-corrected chi connectivity index (χ4v) is 6.20. The molecule has 0 radical (unpaired) electrons. The molecule has 0 atom stereocenters. The monoisotopic (exact) mass is 538 g/mol. The van der Waals surface area contributed by atoms with E-state index in [1.807, 2.05) is 24.3 Å². The van der Waals surface area contributed by atoms with Gasteiger partial charge in [-0.3, -0.25) is 14.6 Å². The molecule has 1 fully saturated rings. The number of hydrogen-bond acceptors (Lipinski definition) is 5. The van der Waals surface area contributed by atoms with Crippen LogP contribution >= 0.6 is 0 Å². The normalized spacial score (nSPS) is 16.7. The molecule has 210 valence electrons. The number of fused-ring (bicyclic) bond motifs is 1. The molecule has 0 unspecified atom stereocenters. The van der Waals surface area contributed by atoms with Crippen molar-refractivity contribution in [2.75, 3.05) is 33.3 Å². The van der Waals surface area contributed by atoms with Crippen molar-refractivity contribution in [2.45, 2.75) is 58.0 Å². The largest absolute Gasteiger partial charge is 0.465 e. The molecule has 5 heteroatoms. The minimum absolute atomic E-state index is 0.293. The molecule has 0 aromatic heterocycles. The van der Waals surface area contributed by atoms with Crippen LogP contribution in [-0.2, 0) is 30.7 Å². The van der Waals surface area contributed by atoms with Crippen LogP contribution < -0.4 is 0 Å². The number of benzene rings is 3. The van der Waals surface area contributed by atoms with Gasteiger partial charge in [0.25, 0.3) is 0 Å². The van der Waals surface area contributed by atoms with E-state index in [0.717, 1.165) is 70.5 Å². The second-order valence-corrected chi connectivity index (χ2v) is 11.5. The Balaban J connectivity index is 1.03. The molecule has 0 bridgehead atoms. The van der Waals surface area contributed by atoms with Crippen molar-refractivity contribution in [2.24, 2.45) is 5.92 Å². The third-order valence-electron chi connectivity index (χ3n) is 8.68. The van der Waals surface area contributed by atoms with Gasteiger partial charge in [0.05, 0.1) is 12.7 Å². The van der Waals surface area contributed by atoms with Crippen molar-refractivity contribution in [3.8, 4) is 0 Å². The van der Waals surface area contributed by atoms with E-state index in [0.29, 0.717) is 23.7 Å². The second-order valence-electron chi connectivity index (χ2n) is 11.5. The molecule has 5 nitrogen and oxygen atoms in total. The third-order valence-corrected chi connectivity index (χ3v) is 8.68. The smallest absolute Gasteiger partial charge is 0.337 e. The Morgan fingerprint density at radius 3 is 2.08 bits per heavy atom. The highest BCUT2D eigenvalue weighted by molar-refractivity contribution is 5.96. The van der Waals surface area contributed by atoms with Gasteiger partial charge in [0.1, 0.15) is 0 Å². The minimum atomic E-state index is -0.293. The number of carbonyl (C=O) groups excluding carboxylic acids is 2. The highest BCUT2D eigenvalue weighted by atomic mass is 16.5. The van der Waals surface area contributed by atoms with Crippen LogP contribution in [0.3, 0.4) is 0 Å². The van der Waals surface area contributed by atoms with Gasteiger partial charge in [0.15, 0.2) is 5.78 Å². The number of rotatable bonds is 10. The summed E-state index contributed by atoms with van der Waals surface area (Å²) in [6, 6.07) is 24.9. The average molecular weight is 539 g/mol. The summed E-state index contributed by atoms with van der Waals surface area (Å²) in [5.74, 6) is 0.702. The van der Waals surface area contributed by atoms with E-state index < -0.39 is 0 Å². The van der Waals surface area contributed by atoms with Crippen LogP contribution in [0.15, 0.2) is 72.8 Å². The number of esters is 1. The number of hydrogen-bond donors (Lipinski definition) is 0. The van der Waals surface area contributed by atoms with Crippen molar-refractivity contribution in [1.29, 1.82) is 0 Å². The van der Waals surface area contributed by atoms with Crippen LogP contribution in [0.2, 0.25) is 0 Å².